The SMILES string of the molecule is CN1CCN(c2ccc(Cl)c(N)c2)C1=O. The van der Waals surface area contributed by atoms with Crippen LogP contribution in [-0.4, -0.2) is 31.1 Å². The highest BCUT2D eigenvalue weighted by Crippen LogP contribution is 2.26. The van der Waals surface area contributed by atoms with Crippen LogP contribution in [0.15, 0.2) is 18.2 Å². The van der Waals surface area contributed by atoms with Crippen molar-refractivity contribution in [3.05, 3.63) is 23.2 Å². The van der Waals surface area contributed by atoms with Crippen molar-refractivity contribution < 1.29 is 4.79 Å². The van der Waals surface area contributed by atoms with Gasteiger partial charge in [-0.1, -0.05) is 11.6 Å². The summed E-state index contributed by atoms with van der Waals surface area (Å²) >= 11 is 5.81. The number of carbonyl (C=O) groups is 1. The summed E-state index contributed by atoms with van der Waals surface area (Å²) in [4.78, 5) is 15.0. The van der Waals surface area contributed by atoms with Crippen molar-refractivity contribution in [2.75, 3.05) is 30.8 Å². The number of nitrogens with zero attached hydrogens (tertiary/aromatic N) is 2. The van der Waals surface area contributed by atoms with Gasteiger partial charge in [0.1, 0.15) is 0 Å². The van der Waals surface area contributed by atoms with Crippen LogP contribution in [0.4, 0.5) is 16.2 Å². The van der Waals surface area contributed by atoms with Crippen LogP contribution >= 0.6 is 11.6 Å². The lowest BCUT2D eigenvalue weighted by atomic mass is 10.2. The molecule has 0 bridgehead atoms. The Kier molecular flexibility index (Phi) is 2.44. The first-order valence-corrected chi connectivity index (χ1v) is 5.05. The molecular weight excluding hydrogens is 214 g/mol. The third-order valence-electron chi connectivity index (χ3n) is 2.51. The summed E-state index contributed by atoms with van der Waals surface area (Å²) in [7, 11) is 1.78. The zero-order valence-electron chi connectivity index (χ0n) is 8.40. The predicted octanol–water partition coefficient (Wildman–Crippen LogP) is 1.79. The van der Waals surface area contributed by atoms with E-state index in [4.69, 9.17) is 17.3 Å². The van der Waals surface area contributed by atoms with Gasteiger partial charge in [0.2, 0.25) is 0 Å². The fourth-order valence-corrected chi connectivity index (χ4v) is 1.70. The van der Waals surface area contributed by atoms with E-state index in [-0.39, 0.29) is 6.03 Å². The van der Waals surface area contributed by atoms with Crippen molar-refractivity contribution in [2.45, 2.75) is 0 Å². The molecule has 1 aliphatic heterocycles. The average Bonchev–Trinajstić information content (AvgIpc) is 2.53. The number of amides is 2. The number of urea groups is 1. The highest BCUT2D eigenvalue weighted by molar-refractivity contribution is 6.33. The van der Waals surface area contributed by atoms with Gasteiger partial charge in [-0.3, -0.25) is 4.90 Å². The van der Waals surface area contributed by atoms with Gasteiger partial charge in [-0.2, -0.15) is 0 Å². The Bertz CT molecular complexity index is 408. The normalized spacial score (nSPS) is 16.3. The fourth-order valence-electron chi connectivity index (χ4n) is 1.59. The Morgan fingerprint density at radius 1 is 1.40 bits per heavy atom. The first-order chi connectivity index (χ1) is 7.09. The van der Waals surface area contributed by atoms with E-state index in [1.165, 1.54) is 0 Å². The number of hydrogen-bond acceptors (Lipinski definition) is 2. The third kappa shape index (κ3) is 1.72. The van der Waals surface area contributed by atoms with Gasteiger partial charge in [0.05, 0.1) is 10.7 Å². The maximum absolute atomic E-state index is 11.7. The Morgan fingerprint density at radius 3 is 2.67 bits per heavy atom. The molecule has 1 aromatic rings. The predicted molar refractivity (Wildman–Crippen MR) is 61.2 cm³/mol. The lowest BCUT2D eigenvalue weighted by Gasteiger charge is -2.16. The van der Waals surface area contributed by atoms with Crippen molar-refractivity contribution in [1.82, 2.24) is 4.90 Å². The van der Waals surface area contributed by atoms with Gasteiger partial charge in [0, 0.05) is 25.8 Å². The number of benzene rings is 1. The number of halogens is 1. The number of anilines is 2. The molecule has 0 aromatic heterocycles. The van der Waals surface area contributed by atoms with Crippen molar-refractivity contribution in [1.29, 1.82) is 0 Å². The molecule has 0 aliphatic carbocycles. The Hall–Kier alpha value is -1.42. The van der Waals surface area contributed by atoms with Crippen LogP contribution in [0.1, 0.15) is 0 Å². The van der Waals surface area contributed by atoms with Gasteiger partial charge in [-0.25, -0.2) is 4.79 Å². The molecular formula is C10H12ClN3O. The van der Waals surface area contributed by atoms with Gasteiger partial charge in [0.25, 0.3) is 0 Å². The molecule has 15 heavy (non-hydrogen) atoms. The molecule has 2 rings (SSSR count). The van der Waals surface area contributed by atoms with Crippen molar-refractivity contribution in [3.63, 3.8) is 0 Å². The minimum atomic E-state index is -0.00303. The fraction of sp³-hybridized carbons (Fsp3) is 0.300. The molecule has 1 aromatic carbocycles. The zero-order chi connectivity index (χ0) is 11.0. The first kappa shape index (κ1) is 10.1. The Labute approximate surface area is 93.2 Å². The van der Waals surface area contributed by atoms with Gasteiger partial charge in [-0.15, -0.1) is 0 Å². The highest BCUT2D eigenvalue weighted by atomic mass is 35.5. The zero-order valence-corrected chi connectivity index (χ0v) is 9.16. The summed E-state index contributed by atoms with van der Waals surface area (Å²) in [5.41, 5.74) is 6.98. The maximum atomic E-state index is 11.7. The highest BCUT2D eigenvalue weighted by Gasteiger charge is 2.26. The molecule has 0 unspecified atom stereocenters. The van der Waals surface area contributed by atoms with Crippen LogP contribution in [0.2, 0.25) is 5.02 Å². The molecule has 0 radical (unpaired) electrons. The Morgan fingerprint density at radius 2 is 2.13 bits per heavy atom. The van der Waals surface area contributed by atoms with Crippen LogP contribution < -0.4 is 10.6 Å². The van der Waals surface area contributed by atoms with E-state index in [1.807, 2.05) is 0 Å². The second-order valence-corrected chi connectivity index (χ2v) is 3.97. The number of nitrogen functional groups attached to an aromatic ring is 1. The lowest BCUT2D eigenvalue weighted by molar-refractivity contribution is 0.229. The minimum absolute atomic E-state index is 0.00303. The van der Waals surface area contributed by atoms with E-state index in [0.29, 0.717) is 17.3 Å². The van der Waals surface area contributed by atoms with Crippen molar-refractivity contribution >= 4 is 29.0 Å². The number of nitrogens with two attached hydrogens (primary N) is 1. The van der Waals surface area contributed by atoms with E-state index in [2.05, 4.69) is 0 Å². The van der Waals surface area contributed by atoms with Crippen molar-refractivity contribution in [2.24, 2.45) is 0 Å². The minimum Gasteiger partial charge on any atom is -0.397 e. The molecule has 4 nitrogen and oxygen atoms in total. The number of likely N-dealkylation sites (N-methyl/N-ethyl adjacent to an activating group) is 1. The molecule has 1 saturated heterocycles. The molecule has 0 atom stereocenters. The van der Waals surface area contributed by atoms with Crippen molar-refractivity contribution in [3.8, 4) is 0 Å². The van der Waals surface area contributed by atoms with E-state index < -0.39 is 0 Å². The molecule has 5 heteroatoms. The van der Waals surface area contributed by atoms with Gasteiger partial charge < -0.3 is 10.6 Å². The molecule has 1 heterocycles. The maximum Gasteiger partial charge on any atom is 0.324 e. The van der Waals surface area contributed by atoms with Gasteiger partial charge >= 0.3 is 6.03 Å². The average molecular weight is 226 g/mol. The van der Waals surface area contributed by atoms with E-state index in [9.17, 15) is 4.79 Å². The summed E-state index contributed by atoms with van der Waals surface area (Å²) in [5, 5.41) is 0.513. The van der Waals surface area contributed by atoms with Crippen LogP contribution in [0.3, 0.4) is 0 Å². The van der Waals surface area contributed by atoms with Crippen LogP contribution in [0, 0.1) is 0 Å². The second-order valence-electron chi connectivity index (χ2n) is 3.56. The van der Waals surface area contributed by atoms with Gasteiger partial charge in [-0.05, 0) is 18.2 Å². The number of hydrogen-bond donors (Lipinski definition) is 1. The summed E-state index contributed by atoms with van der Waals surface area (Å²) in [6.07, 6.45) is 0. The smallest absolute Gasteiger partial charge is 0.324 e. The molecule has 1 fully saturated rings. The van der Waals surface area contributed by atoms with Crippen LogP contribution in [0.25, 0.3) is 0 Å². The van der Waals surface area contributed by atoms with E-state index >= 15 is 0 Å². The first-order valence-electron chi connectivity index (χ1n) is 4.67. The van der Waals surface area contributed by atoms with Crippen LogP contribution in [0.5, 0.6) is 0 Å². The van der Waals surface area contributed by atoms with E-state index in [1.54, 1.807) is 35.0 Å². The Balaban J connectivity index is 2.31. The molecule has 0 spiro atoms. The summed E-state index contributed by atoms with van der Waals surface area (Å²) < 4.78 is 0. The number of rotatable bonds is 1. The third-order valence-corrected chi connectivity index (χ3v) is 2.85. The molecule has 1 aliphatic rings. The standard InChI is InChI=1S/C10H12ClN3O/c1-13-4-5-14(10(13)15)7-2-3-8(11)9(12)6-7/h2-3,6H,4-5,12H2,1H3. The van der Waals surface area contributed by atoms with Crippen LogP contribution in [-0.2, 0) is 0 Å². The molecule has 0 saturated carbocycles. The summed E-state index contributed by atoms with van der Waals surface area (Å²) in [6.45, 7) is 1.43. The largest absolute Gasteiger partial charge is 0.397 e. The summed E-state index contributed by atoms with van der Waals surface area (Å²) in [6, 6.07) is 5.23. The lowest BCUT2D eigenvalue weighted by Crippen LogP contribution is -2.29. The topological polar surface area (TPSA) is 49.6 Å². The van der Waals surface area contributed by atoms with E-state index in [0.717, 1.165) is 12.2 Å². The second kappa shape index (κ2) is 3.62. The molecule has 2 N–H and O–H groups in total. The van der Waals surface area contributed by atoms with Gasteiger partial charge in [0.15, 0.2) is 0 Å². The quantitative estimate of drug-likeness (QED) is 0.741. The summed E-state index contributed by atoms with van der Waals surface area (Å²) in [5.74, 6) is 0. The monoisotopic (exact) mass is 225 g/mol. The molecule has 80 valence electrons. The number of carbonyl (C=O) groups excluding carboxylic acids is 1. The molecule has 2 amide bonds.